The van der Waals surface area contributed by atoms with E-state index in [9.17, 15) is 4.79 Å². The second-order valence-electron chi connectivity index (χ2n) is 9.41. The van der Waals surface area contributed by atoms with E-state index in [2.05, 4.69) is 10.6 Å². The van der Waals surface area contributed by atoms with Crippen LogP contribution in [0, 0.1) is 5.41 Å². The van der Waals surface area contributed by atoms with E-state index in [1.165, 1.54) is 6.21 Å². The van der Waals surface area contributed by atoms with Gasteiger partial charge in [0.1, 0.15) is 18.2 Å². The summed E-state index contributed by atoms with van der Waals surface area (Å²) in [7, 11) is 3.17. The van der Waals surface area contributed by atoms with Crippen LogP contribution in [0.2, 0.25) is 0 Å². The fourth-order valence-electron chi connectivity index (χ4n) is 4.02. The van der Waals surface area contributed by atoms with Crippen molar-refractivity contribution in [1.82, 2.24) is 15.3 Å². The highest BCUT2D eigenvalue weighted by Gasteiger charge is 2.16. The average Bonchev–Trinajstić information content (AvgIpc) is 2.96. The third kappa shape index (κ3) is 7.40. The summed E-state index contributed by atoms with van der Waals surface area (Å²) in [6.07, 6.45) is 1.20. The molecule has 3 aromatic carbocycles. The smallest absolute Gasteiger partial charge is 0.258 e. The van der Waals surface area contributed by atoms with E-state index in [1.807, 2.05) is 38.1 Å². The summed E-state index contributed by atoms with van der Waals surface area (Å²) in [4.78, 5) is 21.7. The molecule has 0 saturated heterocycles. The van der Waals surface area contributed by atoms with Crippen molar-refractivity contribution in [3.63, 3.8) is 0 Å². The molecule has 0 radical (unpaired) electrons. The maximum Gasteiger partial charge on any atom is 0.258 e. The van der Waals surface area contributed by atoms with Crippen molar-refractivity contribution in [1.29, 1.82) is 5.41 Å². The van der Waals surface area contributed by atoms with Gasteiger partial charge in [-0.25, -0.2) is 9.97 Å². The lowest BCUT2D eigenvalue weighted by atomic mass is 10.1. The first kappa shape index (κ1) is 29.1. The molecule has 41 heavy (non-hydrogen) atoms. The number of carbonyl (C=O) groups is 1. The maximum absolute atomic E-state index is 12.1. The van der Waals surface area contributed by atoms with Gasteiger partial charge in [-0.3, -0.25) is 4.79 Å². The quantitative estimate of drug-likeness (QED) is 0.105. The van der Waals surface area contributed by atoms with Crippen molar-refractivity contribution in [3.8, 4) is 28.6 Å². The molecule has 0 aliphatic carbocycles. The van der Waals surface area contributed by atoms with E-state index in [1.54, 1.807) is 44.6 Å². The van der Waals surface area contributed by atoms with Crippen LogP contribution in [0.15, 0.2) is 54.6 Å². The predicted molar refractivity (Wildman–Crippen MR) is 160 cm³/mol. The molecule has 1 heterocycles. The van der Waals surface area contributed by atoms with Crippen molar-refractivity contribution in [2.45, 2.75) is 19.9 Å². The molecule has 11 nitrogen and oxygen atoms in total. The number of ether oxygens (including phenoxy) is 4. The number of hydrogen-bond acceptors (Lipinski definition) is 10. The second-order valence-corrected chi connectivity index (χ2v) is 9.41. The Morgan fingerprint density at radius 2 is 1.85 bits per heavy atom. The van der Waals surface area contributed by atoms with E-state index >= 15 is 0 Å². The normalized spacial score (nSPS) is 10.9. The van der Waals surface area contributed by atoms with E-state index in [-0.39, 0.29) is 18.6 Å². The minimum Gasteiger partial charge on any atom is -0.493 e. The third-order valence-corrected chi connectivity index (χ3v) is 5.94. The van der Waals surface area contributed by atoms with Crippen LogP contribution >= 0.6 is 0 Å². The van der Waals surface area contributed by atoms with E-state index in [4.69, 9.17) is 40.1 Å². The summed E-state index contributed by atoms with van der Waals surface area (Å²) in [6.45, 7) is 4.42. The molecule has 0 bridgehead atoms. The number of anilines is 3. The zero-order valence-electron chi connectivity index (χ0n) is 23.5. The van der Waals surface area contributed by atoms with Crippen LogP contribution in [0.1, 0.15) is 19.4 Å². The van der Waals surface area contributed by atoms with Crippen LogP contribution in [-0.4, -0.2) is 62.2 Å². The van der Waals surface area contributed by atoms with Gasteiger partial charge in [-0.15, -0.1) is 0 Å². The minimum absolute atomic E-state index is 0.0216. The number of rotatable bonds is 13. The summed E-state index contributed by atoms with van der Waals surface area (Å²) in [6, 6.07) is 16.2. The molecule has 0 spiro atoms. The van der Waals surface area contributed by atoms with Gasteiger partial charge in [0.15, 0.2) is 23.9 Å². The molecule has 0 fully saturated rings. The van der Waals surface area contributed by atoms with Crippen LogP contribution in [0.25, 0.3) is 22.3 Å². The predicted octanol–water partition coefficient (Wildman–Crippen LogP) is 4.56. The highest BCUT2D eigenvalue weighted by molar-refractivity contribution is 5.95. The van der Waals surface area contributed by atoms with Crippen molar-refractivity contribution < 1.29 is 23.7 Å². The van der Waals surface area contributed by atoms with Gasteiger partial charge in [0.25, 0.3) is 5.91 Å². The molecule has 11 heteroatoms. The number of hydrogen-bond donors (Lipinski definition) is 4. The Kier molecular flexibility index (Phi) is 9.54. The molecule has 1 amide bonds. The molecule has 4 rings (SSSR count). The van der Waals surface area contributed by atoms with Gasteiger partial charge in [0, 0.05) is 53.3 Å². The Labute approximate surface area is 238 Å². The highest BCUT2D eigenvalue weighted by atomic mass is 16.5. The molecule has 1 aromatic heterocycles. The molecule has 0 aliphatic rings. The summed E-state index contributed by atoms with van der Waals surface area (Å²) in [5, 5.41) is 14.5. The van der Waals surface area contributed by atoms with Gasteiger partial charge < -0.3 is 40.7 Å². The summed E-state index contributed by atoms with van der Waals surface area (Å²) >= 11 is 0. The summed E-state index contributed by atoms with van der Waals surface area (Å²) in [5.74, 6) is 2.26. The fraction of sp³-hybridized carbons (Fsp3) is 0.267. The molecule has 5 N–H and O–H groups in total. The largest absolute Gasteiger partial charge is 0.493 e. The van der Waals surface area contributed by atoms with Crippen molar-refractivity contribution >= 4 is 40.2 Å². The lowest BCUT2D eigenvalue weighted by molar-refractivity contribution is -0.123. The lowest BCUT2D eigenvalue weighted by Gasteiger charge is -2.16. The van der Waals surface area contributed by atoms with E-state index < -0.39 is 0 Å². The van der Waals surface area contributed by atoms with Gasteiger partial charge in [0.2, 0.25) is 0 Å². The first-order chi connectivity index (χ1) is 19.8. The van der Waals surface area contributed by atoms with Crippen LogP contribution < -0.4 is 30.6 Å². The zero-order chi connectivity index (χ0) is 29.4. The number of methoxy groups -OCH3 is 2. The minimum atomic E-state index is -0.206. The fourth-order valence-corrected chi connectivity index (χ4v) is 4.02. The maximum atomic E-state index is 12.1. The van der Waals surface area contributed by atoms with Gasteiger partial charge in [-0.05, 0) is 50.2 Å². The lowest BCUT2D eigenvalue weighted by Crippen LogP contribution is -2.34. The number of fused-ring (bicyclic) bond motifs is 1. The van der Waals surface area contributed by atoms with Crippen molar-refractivity contribution in [2.75, 3.05) is 45.1 Å². The summed E-state index contributed by atoms with van der Waals surface area (Å²) < 4.78 is 22.3. The number of nitrogens with zero attached hydrogens (tertiary/aromatic N) is 2. The van der Waals surface area contributed by atoms with Crippen molar-refractivity contribution in [3.05, 3.63) is 60.2 Å². The Morgan fingerprint density at radius 3 is 2.59 bits per heavy atom. The SMILES string of the molecule is COCCOc1cc2c(Nc3ccc(N)c(C=N)c3)nc(-c3cccc(OCC(=O)NC(C)C)c3)nc2cc1OC. The molecule has 4 aromatic rings. The first-order valence-electron chi connectivity index (χ1n) is 13.0. The molecule has 0 saturated carbocycles. The number of benzene rings is 3. The standard InChI is InChI=1S/C30H34N6O5/c1-18(2)33-28(37)17-41-22-7-5-6-19(13-22)29-35-25-15-26(39-4)27(40-11-10-38-3)14-23(25)30(36-29)34-21-8-9-24(32)20(12-21)16-31/h5-9,12-16,18,31H,10-11,17,32H2,1-4H3,(H,33,37)(H,34,35,36). The zero-order valence-corrected chi connectivity index (χ0v) is 23.5. The number of nitrogen functional groups attached to an aromatic ring is 1. The molecular formula is C30H34N6O5. The van der Waals surface area contributed by atoms with Crippen molar-refractivity contribution in [2.24, 2.45) is 0 Å². The average molecular weight is 559 g/mol. The van der Waals surface area contributed by atoms with E-state index in [0.717, 1.165) is 0 Å². The number of nitrogens with one attached hydrogen (secondary N) is 3. The van der Waals surface area contributed by atoms with Crippen LogP contribution in [0.4, 0.5) is 17.2 Å². The number of amides is 1. The number of nitrogens with two attached hydrogens (primary N) is 1. The molecule has 214 valence electrons. The van der Waals surface area contributed by atoms with Crippen LogP contribution in [-0.2, 0) is 9.53 Å². The molecular weight excluding hydrogens is 524 g/mol. The molecule has 0 atom stereocenters. The topological polar surface area (TPSA) is 154 Å². The monoisotopic (exact) mass is 558 g/mol. The summed E-state index contributed by atoms with van der Waals surface area (Å²) in [5.41, 5.74) is 9.05. The Hall–Kier alpha value is -4.90. The molecule has 0 aliphatic heterocycles. The van der Waals surface area contributed by atoms with Crippen LogP contribution in [0.3, 0.4) is 0 Å². The van der Waals surface area contributed by atoms with Crippen LogP contribution in [0.5, 0.6) is 17.2 Å². The Balaban J connectivity index is 1.77. The number of aromatic nitrogens is 2. The third-order valence-electron chi connectivity index (χ3n) is 5.94. The Bertz CT molecular complexity index is 1540. The first-order valence-corrected chi connectivity index (χ1v) is 13.0. The van der Waals surface area contributed by atoms with Gasteiger partial charge in [0.05, 0.1) is 19.2 Å². The number of carbonyl (C=O) groups excluding carboxylic acids is 1. The van der Waals surface area contributed by atoms with Gasteiger partial charge >= 0.3 is 0 Å². The second kappa shape index (κ2) is 13.4. The van der Waals surface area contributed by atoms with Gasteiger partial charge in [-0.1, -0.05) is 12.1 Å². The highest BCUT2D eigenvalue weighted by Crippen LogP contribution is 2.37. The van der Waals surface area contributed by atoms with E-state index in [0.29, 0.717) is 75.5 Å². The van der Waals surface area contributed by atoms with Gasteiger partial charge in [-0.2, -0.15) is 0 Å². The molecule has 0 unspecified atom stereocenters. The Morgan fingerprint density at radius 1 is 1.02 bits per heavy atom.